The molecule has 1 aliphatic rings. The molecule has 3 nitrogen and oxygen atoms in total. The summed E-state index contributed by atoms with van der Waals surface area (Å²) in [7, 11) is 0. The van der Waals surface area contributed by atoms with Gasteiger partial charge >= 0.3 is 0 Å². The summed E-state index contributed by atoms with van der Waals surface area (Å²) in [6.45, 7) is 2.22. The van der Waals surface area contributed by atoms with Crippen molar-refractivity contribution in [1.29, 1.82) is 5.26 Å². The van der Waals surface area contributed by atoms with Gasteiger partial charge in [0.05, 0.1) is 23.0 Å². The molecule has 3 heteroatoms. The van der Waals surface area contributed by atoms with E-state index in [9.17, 15) is 0 Å². The van der Waals surface area contributed by atoms with Gasteiger partial charge in [0.15, 0.2) is 0 Å². The largest absolute Gasteiger partial charge is 0.397 e. The number of hydrogen-bond acceptors (Lipinski definition) is 3. The van der Waals surface area contributed by atoms with Crippen LogP contribution >= 0.6 is 0 Å². The van der Waals surface area contributed by atoms with Crippen LogP contribution in [-0.2, 0) is 0 Å². The number of anilines is 2. The normalized spacial score (nSPS) is 18.0. The maximum absolute atomic E-state index is 8.86. The van der Waals surface area contributed by atoms with Crippen molar-refractivity contribution in [2.75, 3.05) is 11.1 Å². The van der Waals surface area contributed by atoms with Gasteiger partial charge in [-0.2, -0.15) is 5.26 Å². The third-order valence-corrected chi connectivity index (χ3v) is 3.33. The SMILES string of the molecule is CC1(Nc2cc(C#N)ccc2N)CCCC1. The average molecular weight is 215 g/mol. The molecule has 0 aliphatic heterocycles. The molecule has 84 valence electrons. The van der Waals surface area contributed by atoms with Crippen LogP contribution in [0.25, 0.3) is 0 Å². The van der Waals surface area contributed by atoms with Gasteiger partial charge in [0, 0.05) is 5.54 Å². The highest BCUT2D eigenvalue weighted by atomic mass is 15.0. The minimum Gasteiger partial charge on any atom is -0.397 e. The Bertz CT molecular complexity index is 425. The van der Waals surface area contributed by atoms with Crippen LogP contribution in [0.1, 0.15) is 38.2 Å². The first-order chi connectivity index (χ1) is 7.63. The lowest BCUT2D eigenvalue weighted by Gasteiger charge is -2.27. The fourth-order valence-electron chi connectivity index (χ4n) is 2.34. The molecule has 1 saturated carbocycles. The number of benzene rings is 1. The van der Waals surface area contributed by atoms with Gasteiger partial charge in [0.1, 0.15) is 0 Å². The molecule has 1 aliphatic carbocycles. The van der Waals surface area contributed by atoms with Crippen LogP contribution in [0.5, 0.6) is 0 Å². The van der Waals surface area contributed by atoms with Crippen LogP contribution in [0, 0.1) is 11.3 Å². The second-order valence-electron chi connectivity index (χ2n) is 4.81. The molecule has 0 unspecified atom stereocenters. The summed E-state index contributed by atoms with van der Waals surface area (Å²) in [4.78, 5) is 0. The molecule has 1 fully saturated rings. The molecule has 1 aromatic carbocycles. The minimum atomic E-state index is 0.141. The first-order valence-corrected chi connectivity index (χ1v) is 5.71. The summed E-state index contributed by atoms with van der Waals surface area (Å²) in [6.07, 6.45) is 4.87. The molecule has 0 atom stereocenters. The zero-order valence-corrected chi connectivity index (χ0v) is 9.59. The van der Waals surface area contributed by atoms with Crippen LogP contribution in [0.4, 0.5) is 11.4 Å². The van der Waals surface area contributed by atoms with Crippen LogP contribution in [0.3, 0.4) is 0 Å². The van der Waals surface area contributed by atoms with Crippen LogP contribution in [-0.4, -0.2) is 5.54 Å². The van der Waals surface area contributed by atoms with Crippen molar-refractivity contribution in [3.05, 3.63) is 23.8 Å². The molecule has 1 aromatic rings. The van der Waals surface area contributed by atoms with Crippen molar-refractivity contribution in [2.45, 2.75) is 38.1 Å². The van der Waals surface area contributed by atoms with E-state index >= 15 is 0 Å². The molecule has 0 aromatic heterocycles. The summed E-state index contributed by atoms with van der Waals surface area (Å²) >= 11 is 0. The number of nitrogens with zero attached hydrogens (tertiary/aromatic N) is 1. The minimum absolute atomic E-state index is 0.141. The number of hydrogen-bond donors (Lipinski definition) is 2. The van der Waals surface area contributed by atoms with E-state index < -0.39 is 0 Å². The van der Waals surface area contributed by atoms with E-state index in [0.717, 1.165) is 5.69 Å². The molecule has 0 heterocycles. The standard InChI is InChI=1S/C13H17N3/c1-13(6-2-3-7-13)16-12-8-10(9-14)4-5-11(12)15/h4-5,8,16H,2-3,6-7,15H2,1H3. The van der Waals surface area contributed by atoms with E-state index in [2.05, 4.69) is 18.3 Å². The van der Waals surface area contributed by atoms with E-state index in [-0.39, 0.29) is 5.54 Å². The van der Waals surface area contributed by atoms with Crippen molar-refractivity contribution < 1.29 is 0 Å². The molecule has 0 saturated heterocycles. The highest BCUT2D eigenvalue weighted by Crippen LogP contribution is 2.34. The van der Waals surface area contributed by atoms with Gasteiger partial charge in [0.2, 0.25) is 0 Å². The Morgan fingerprint density at radius 3 is 2.69 bits per heavy atom. The average Bonchev–Trinajstić information content (AvgIpc) is 2.68. The molecule has 0 bridgehead atoms. The van der Waals surface area contributed by atoms with Crippen molar-refractivity contribution >= 4 is 11.4 Å². The Hall–Kier alpha value is -1.69. The second-order valence-corrected chi connectivity index (χ2v) is 4.81. The molecule has 3 N–H and O–H groups in total. The van der Waals surface area contributed by atoms with Crippen molar-refractivity contribution in [3.8, 4) is 6.07 Å². The maximum Gasteiger partial charge on any atom is 0.0992 e. The molecular formula is C13H17N3. The molecule has 0 radical (unpaired) electrons. The van der Waals surface area contributed by atoms with Crippen LogP contribution in [0.2, 0.25) is 0 Å². The zero-order valence-electron chi connectivity index (χ0n) is 9.59. The fourth-order valence-corrected chi connectivity index (χ4v) is 2.34. The Labute approximate surface area is 96.3 Å². The first kappa shape index (κ1) is 10.8. The zero-order chi connectivity index (χ0) is 11.6. The molecule has 0 spiro atoms. The number of nitrogens with two attached hydrogens (primary N) is 1. The summed E-state index contributed by atoms with van der Waals surface area (Å²) < 4.78 is 0. The molecule has 16 heavy (non-hydrogen) atoms. The Morgan fingerprint density at radius 1 is 1.38 bits per heavy atom. The summed E-state index contributed by atoms with van der Waals surface area (Å²) in [5.74, 6) is 0. The highest BCUT2D eigenvalue weighted by molar-refractivity contribution is 5.69. The van der Waals surface area contributed by atoms with Gasteiger partial charge in [-0.15, -0.1) is 0 Å². The van der Waals surface area contributed by atoms with E-state index in [1.54, 1.807) is 12.1 Å². The Morgan fingerprint density at radius 2 is 2.06 bits per heavy atom. The van der Waals surface area contributed by atoms with Gasteiger partial charge in [-0.05, 0) is 38.0 Å². The van der Waals surface area contributed by atoms with Gasteiger partial charge in [-0.3, -0.25) is 0 Å². The van der Waals surface area contributed by atoms with Crippen molar-refractivity contribution in [1.82, 2.24) is 0 Å². The second kappa shape index (κ2) is 4.05. The molecule has 2 rings (SSSR count). The van der Waals surface area contributed by atoms with E-state index in [0.29, 0.717) is 11.3 Å². The number of rotatable bonds is 2. The monoisotopic (exact) mass is 215 g/mol. The topological polar surface area (TPSA) is 61.8 Å². The lowest BCUT2D eigenvalue weighted by molar-refractivity contribution is 0.533. The summed E-state index contributed by atoms with van der Waals surface area (Å²) in [5, 5.41) is 12.3. The quantitative estimate of drug-likeness (QED) is 0.746. The predicted octanol–water partition coefficient (Wildman–Crippen LogP) is 2.89. The Kier molecular flexibility index (Phi) is 2.74. The summed E-state index contributed by atoms with van der Waals surface area (Å²) in [5.41, 5.74) is 8.31. The van der Waals surface area contributed by atoms with E-state index in [4.69, 9.17) is 11.0 Å². The van der Waals surface area contributed by atoms with Gasteiger partial charge in [-0.1, -0.05) is 12.8 Å². The predicted molar refractivity (Wildman–Crippen MR) is 66.1 cm³/mol. The van der Waals surface area contributed by atoms with Gasteiger partial charge in [-0.25, -0.2) is 0 Å². The maximum atomic E-state index is 8.86. The van der Waals surface area contributed by atoms with Crippen LogP contribution in [0.15, 0.2) is 18.2 Å². The third kappa shape index (κ3) is 2.11. The first-order valence-electron chi connectivity index (χ1n) is 5.71. The fraction of sp³-hybridized carbons (Fsp3) is 0.462. The number of nitrogen functional groups attached to an aromatic ring is 1. The molecule has 0 amide bonds. The van der Waals surface area contributed by atoms with Crippen molar-refractivity contribution in [3.63, 3.8) is 0 Å². The van der Waals surface area contributed by atoms with E-state index in [1.165, 1.54) is 25.7 Å². The Balaban J connectivity index is 2.23. The smallest absolute Gasteiger partial charge is 0.0992 e. The van der Waals surface area contributed by atoms with Gasteiger partial charge < -0.3 is 11.1 Å². The number of nitrogens with one attached hydrogen (secondary N) is 1. The van der Waals surface area contributed by atoms with Crippen LogP contribution < -0.4 is 11.1 Å². The van der Waals surface area contributed by atoms with Crippen molar-refractivity contribution in [2.24, 2.45) is 0 Å². The van der Waals surface area contributed by atoms with E-state index in [1.807, 2.05) is 6.07 Å². The summed E-state index contributed by atoms with van der Waals surface area (Å²) in [6, 6.07) is 7.51. The van der Waals surface area contributed by atoms with Gasteiger partial charge in [0.25, 0.3) is 0 Å². The molecular weight excluding hydrogens is 198 g/mol. The lowest BCUT2D eigenvalue weighted by Crippen LogP contribution is -2.31. The number of nitriles is 1. The third-order valence-electron chi connectivity index (χ3n) is 3.33. The lowest BCUT2D eigenvalue weighted by atomic mass is 9.99. The highest BCUT2D eigenvalue weighted by Gasteiger charge is 2.28.